The van der Waals surface area contributed by atoms with Crippen molar-refractivity contribution in [2.24, 2.45) is 0 Å². The minimum Gasteiger partial charge on any atom is -0.733 e. The van der Waals surface area contributed by atoms with Gasteiger partial charge in [-0.05, 0) is 19.1 Å². The van der Waals surface area contributed by atoms with Gasteiger partial charge in [0.15, 0.2) is 6.23 Å². The Labute approximate surface area is 138 Å². The fourth-order valence-electron chi connectivity index (χ4n) is 2.42. The molecule has 0 amide bonds. The molecule has 0 aromatic heterocycles. The molecule has 6 N–H and O–H groups in total. The second kappa shape index (κ2) is 7.94. The van der Waals surface area contributed by atoms with Crippen LogP contribution in [0.3, 0.4) is 0 Å². The molecule has 1 aromatic rings. The van der Waals surface area contributed by atoms with Gasteiger partial charge in [0, 0.05) is 6.07 Å². The first-order valence-electron chi connectivity index (χ1n) is 7.39. The van der Waals surface area contributed by atoms with Crippen LogP contribution in [0, 0.1) is 5.21 Å². The molecular weight excluding hydrogens is 324 g/mol. The van der Waals surface area contributed by atoms with Crippen LogP contribution in [0.4, 0.5) is 11.4 Å². The van der Waals surface area contributed by atoms with Crippen LogP contribution in [-0.2, 0) is 4.74 Å². The highest BCUT2D eigenvalue weighted by atomic mass is 16.8. The number of anilines is 2. The number of benzene rings is 1. The van der Waals surface area contributed by atoms with Gasteiger partial charge in [-0.2, -0.15) is 0 Å². The van der Waals surface area contributed by atoms with Crippen molar-refractivity contribution in [1.29, 1.82) is 0 Å². The average Bonchev–Trinajstić information content (AvgIpc) is 2.56. The molecule has 5 atom stereocenters. The number of aliphatic hydroxyl groups excluding tert-OH is 4. The highest BCUT2D eigenvalue weighted by Gasteiger charge is 2.43. The summed E-state index contributed by atoms with van der Waals surface area (Å²) in [6.07, 6.45) is -6.89. The minimum atomic E-state index is -1.56. The van der Waals surface area contributed by atoms with E-state index in [0.29, 0.717) is 12.4 Å². The number of aliphatic hydroxyl groups is 4. The van der Waals surface area contributed by atoms with Gasteiger partial charge in [-0.1, -0.05) is 0 Å². The largest absolute Gasteiger partial charge is 0.733 e. The molecule has 0 radical (unpaired) electrons. The smallest absolute Gasteiger partial charge is 0.157 e. The molecule has 10 heteroatoms. The summed E-state index contributed by atoms with van der Waals surface area (Å²) in [6, 6.07) is 4.23. The summed E-state index contributed by atoms with van der Waals surface area (Å²) in [7, 11) is 0. The fourth-order valence-corrected chi connectivity index (χ4v) is 2.42. The van der Waals surface area contributed by atoms with Crippen molar-refractivity contribution in [1.82, 2.24) is 0 Å². The Kier molecular flexibility index (Phi) is 6.18. The van der Waals surface area contributed by atoms with E-state index in [4.69, 9.17) is 14.6 Å². The number of rotatable bonds is 6. The van der Waals surface area contributed by atoms with Crippen molar-refractivity contribution in [2.75, 3.05) is 23.8 Å². The molecule has 1 fully saturated rings. The van der Waals surface area contributed by atoms with Crippen LogP contribution in [0.1, 0.15) is 6.92 Å². The Morgan fingerprint density at radius 3 is 2.54 bits per heavy atom. The van der Waals surface area contributed by atoms with Crippen LogP contribution >= 0.6 is 0 Å². The molecule has 0 aliphatic carbocycles. The lowest BCUT2D eigenvalue weighted by molar-refractivity contribution is -0.221. The topological polar surface area (TPSA) is 158 Å². The van der Waals surface area contributed by atoms with Gasteiger partial charge in [0.2, 0.25) is 0 Å². The Morgan fingerprint density at radius 1 is 1.25 bits per heavy atom. The van der Waals surface area contributed by atoms with Crippen LogP contribution in [0.25, 0.3) is 0 Å². The van der Waals surface area contributed by atoms with E-state index in [1.54, 1.807) is 6.92 Å². The monoisotopic (exact) mass is 345 g/mol. The van der Waals surface area contributed by atoms with E-state index in [1.165, 1.54) is 18.2 Å². The van der Waals surface area contributed by atoms with Gasteiger partial charge in [0.25, 0.3) is 0 Å². The fraction of sp³-hybridized carbons (Fsp3) is 0.571. The third kappa shape index (κ3) is 3.87. The predicted molar refractivity (Wildman–Crippen MR) is 82.6 cm³/mol. The van der Waals surface area contributed by atoms with Gasteiger partial charge in [-0.3, -0.25) is 5.21 Å². The van der Waals surface area contributed by atoms with E-state index in [2.05, 4.69) is 5.32 Å². The first-order chi connectivity index (χ1) is 11.4. The first kappa shape index (κ1) is 18.7. The molecule has 136 valence electrons. The molecule has 1 aliphatic heterocycles. The zero-order valence-electron chi connectivity index (χ0n) is 12.9. The summed E-state index contributed by atoms with van der Waals surface area (Å²) in [6.45, 7) is 1.55. The van der Waals surface area contributed by atoms with E-state index < -0.39 is 37.3 Å². The lowest BCUT2D eigenvalue weighted by Gasteiger charge is -2.41. The Bertz CT molecular complexity index is 542. The van der Waals surface area contributed by atoms with Gasteiger partial charge in [0.05, 0.1) is 24.6 Å². The number of nitrogens with zero attached hydrogens (tertiary/aromatic N) is 1. The summed E-state index contributed by atoms with van der Waals surface area (Å²) in [4.78, 5) is 0. The molecule has 1 aromatic carbocycles. The van der Waals surface area contributed by atoms with Gasteiger partial charge in [-0.25, -0.2) is 0 Å². The molecular formula is C14H21N2O8-. The van der Waals surface area contributed by atoms with E-state index >= 15 is 0 Å². The highest BCUT2D eigenvalue weighted by Crippen LogP contribution is 2.32. The second-order valence-electron chi connectivity index (χ2n) is 5.28. The third-order valence-electron chi connectivity index (χ3n) is 3.68. The third-order valence-corrected chi connectivity index (χ3v) is 3.68. The summed E-state index contributed by atoms with van der Waals surface area (Å²) in [5, 5.41) is 61.5. The number of hydrogen-bond acceptors (Lipinski definition) is 10. The molecule has 0 spiro atoms. The van der Waals surface area contributed by atoms with E-state index in [9.17, 15) is 25.7 Å². The number of ether oxygens (including phenoxy) is 2. The molecule has 1 heterocycles. The lowest BCUT2D eigenvalue weighted by Crippen LogP contribution is -2.60. The van der Waals surface area contributed by atoms with Gasteiger partial charge < -0.3 is 45.7 Å². The zero-order valence-corrected chi connectivity index (χ0v) is 12.9. The van der Waals surface area contributed by atoms with Crippen LogP contribution < -0.4 is 15.3 Å². The molecule has 1 saturated heterocycles. The molecule has 0 unspecified atom stereocenters. The quantitative estimate of drug-likeness (QED) is 0.353. The van der Waals surface area contributed by atoms with Crippen LogP contribution in [0.2, 0.25) is 0 Å². The lowest BCUT2D eigenvalue weighted by atomic mass is 9.98. The normalized spacial score (nSPS) is 30.0. The Balaban J connectivity index is 2.22. The SMILES string of the molecule is CCOc1ccc(N[C@@H]2O[C@H](CO)[C@@H](O)[C@H](O)[C@@H]2O)c(N([O-])O)c1. The van der Waals surface area contributed by atoms with Crippen LogP contribution in [0.5, 0.6) is 5.75 Å². The molecule has 0 bridgehead atoms. The summed E-state index contributed by atoms with van der Waals surface area (Å²) in [5.41, 5.74) is -0.0989. The van der Waals surface area contributed by atoms with Crippen molar-refractivity contribution in [3.8, 4) is 5.75 Å². The number of nitrogens with one attached hydrogen (secondary N) is 1. The zero-order chi connectivity index (χ0) is 17.9. The van der Waals surface area contributed by atoms with Crippen molar-refractivity contribution in [3.63, 3.8) is 0 Å². The maximum atomic E-state index is 11.3. The molecule has 24 heavy (non-hydrogen) atoms. The minimum absolute atomic E-state index is 0.0975. The van der Waals surface area contributed by atoms with Crippen molar-refractivity contribution in [2.45, 2.75) is 37.6 Å². The standard InChI is InChI=1S/C14H21N2O8/c1-2-23-7-3-4-8(9(5-7)16(21)22)15-14-13(20)12(19)11(18)10(6-17)24-14/h3-5,10-15,17-21H,2,6H2,1H3/q-1/t10-,11-,12+,13+,14-/m1/s1. The molecule has 2 rings (SSSR count). The summed E-state index contributed by atoms with van der Waals surface area (Å²) in [5.74, 6) is 0.349. The molecule has 10 nitrogen and oxygen atoms in total. The second-order valence-corrected chi connectivity index (χ2v) is 5.28. The average molecular weight is 345 g/mol. The Hall–Kier alpha value is -1.66. The van der Waals surface area contributed by atoms with E-state index in [0.717, 1.165) is 0 Å². The van der Waals surface area contributed by atoms with Crippen molar-refractivity contribution >= 4 is 11.4 Å². The maximum Gasteiger partial charge on any atom is 0.157 e. The predicted octanol–water partition coefficient (Wildman–Crippen LogP) is -1.01. The Morgan fingerprint density at radius 2 is 1.96 bits per heavy atom. The van der Waals surface area contributed by atoms with E-state index in [-0.39, 0.29) is 16.6 Å². The van der Waals surface area contributed by atoms with Gasteiger partial charge >= 0.3 is 0 Å². The summed E-state index contributed by atoms with van der Waals surface area (Å²) >= 11 is 0. The van der Waals surface area contributed by atoms with Crippen molar-refractivity contribution < 1.29 is 35.1 Å². The van der Waals surface area contributed by atoms with Crippen LogP contribution in [0.15, 0.2) is 18.2 Å². The van der Waals surface area contributed by atoms with Gasteiger partial charge in [-0.15, -0.1) is 0 Å². The first-order valence-corrected chi connectivity index (χ1v) is 7.39. The maximum absolute atomic E-state index is 11.3. The van der Waals surface area contributed by atoms with Crippen molar-refractivity contribution in [3.05, 3.63) is 23.4 Å². The molecule has 1 aliphatic rings. The molecule has 0 saturated carbocycles. The van der Waals surface area contributed by atoms with Crippen LogP contribution in [-0.4, -0.2) is 69.5 Å². The van der Waals surface area contributed by atoms with E-state index in [1.807, 2.05) is 0 Å². The van der Waals surface area contributed by atoms with Gasteiger partial charge in [0.1, 0.15) is 30.2 Å². The number of hydrogen-bond donors (Lipinski definition) is 6. The highest BCUT2D eigenvalue weighted by molar-refractivity contribution is 5.71. The summed E-state index contributed by atoms with van der Waals surface area (Å²) < 4.78 is 10.5.